The Kier molecular flexibility index (Phi) is 6.92. The van der Waals surface area contributed by atoms with E-state index in [0.717, 1.165) is 0 Å². The van der Waals surface area contributed by atoms with Crippen LogP contribution < -0.4 is 6.64 Å². The van der Waals surface area contributed by atoms with Gasteiger partial charge in [-0.1, -0.05) is 0 Å². The van der Waals surface area contributed by atoms with E-state index in [1.54, 1.807) is 0 Å². The molecule has 0 amide bonds. The number of hydrogen-bond donors (Lipinski definition) is 0. The normalized spacial score (nSPS) is 18.5. The van der Waals surface area contributed by atoms with Crippen LogP contribution in [0.15, 0.2) is 146 Å². The number of hydrogen-bond acceptors (Lipinski definition) is 0. The Morgan fingerprint density at radius 2 is 0.780 bits per heavy atom. The van der Waals surface area contributed by atoms with Gasteiger partial charge >= 0.3 is 297 Å². The molecule has 2 heteroatoms. The number of aryl methyl sites for hydroxylation is 2. The summed E-state index contributed by atoms with van der Waals surface area (Å²) in [6, 6.07) is 51.1. The number of allylic oxidation sites excluding steroid dienone is 2. The molecule has 6 aromatic rings. The molecule has 0 bridgehead atoms. The number of rotatable bonds is 6. The minimum atomic E-state index is -5.97. The zero-order valence-corrected chi connectivity index (χ0v) is 35.4. The van der Waals surface area contributed by atoms with Gasteiger partial charge in [0.1, 0.15) is 0 Å². The molecule has 0 spiro atoms. The molecule has 248 valence electrons. The first-order valence-electron chi connectivity index (χ1n) is 18.2. The molecule has 0 saturated carbocycles. The topological polar surface area (TPSA) is 0 Å². The van der Waals surface area contributed by atoms with E-state index >= 15 is 0 Å². The van der Waals surface area contributed by atoms with Crippen LogP contribution in [0.4, 0.5) is 0 Å². The van der Waals surface area contributed by atoms with Crippen LogP contribution in [0, 0.1) is 27.7 Å². The molecular formula is C48H48HfSi. The molecule has 0 N–H and O–H groups in total. The van der Waals surface area contributed by atoms with Crippen molar-refractivity contribution in [1.29, 1.82) is 0 Å². The fourth-order valence-corrected chi connectivity index (χ4v) is 58.1. The van der Waals surface area contributed by atoms with Gasteiger partial charge < -0.3 is 0 Å². The van der Waals surface area contributed by atoms with Crippen LogP contribution in [-0.2, 0) is 14.2 Å². The molecule has 0 fully saturated rings. The van der Waals surface area contributed by atoms with E-state index in [9.17, 15) is 0 Å². The third-order valence-electron chi connectivity index (χ3n) is 14.4. The van der Waals surface area contributed by atoms with Crippen LogP contribution >= 0.6 is 0 Å². The summed E-state index contributed by atoms with van der Waals surface area (Å²) in [6.07, 6.45) is 10.2. The molecule has 2 aliphatic carbocycles. The van der Waals surface area contributed by atoms with Gasteiger partial charge in [0, 0.05) is 0 Å². The summed E-state index contributed by atoms with van der Waals surface area (Å²) in [5.74, 6) is 0. The monoisotopic (exact) mass is 832 g/mol. The van der Waals surface area contributed by atoms with Crippen LogP contribution in [0.25, 0.3) is 34.4 Å². The molecule has 2 atom stereocenters. The Morgan fingerprint density at radius 1 is 0.420 bits per heavy atom. The molecule has 6 aromatic carbocycles. The third kappa shape index (κ3) is 4.01. The number of benzene rings is 6. The average Bonchev–Trinajstić information content (AvgIpc) is 3.79. The van der Waals surface area contributed by atoms with Gasteiger partial charge in [0.15, 0.2) is 0 Å². The van der Waals surface area contributed by atoms with Crippen molar-refractivity contribution in [2.75, 3.05) is 0 Å². The molecule has 8 rings (SSSR count). The van der Waals surface area contributed by atoms with Crippen LogP contribution in [-0.4, -0.2) is 6.94 Å². The molecule has 0 heterocycles. The zero-order valence-electron chi connectivity index (χ0n) is 30.4. The van der Waals surface area contributed by atoms with Crippen molar-refractivity contribution in [3.05, 3.63) is 190 Å². The average molecular weight is 831 g/mol. The van der Waals surface area contributed by atoms with Crippen LogP contribution in [0.5, 0.6) is 0 Å². The zero-order chi connectivity index (χ0) is 35.0. The van der Waals surface area contributed by atoms with Gasteiger partial charge in [0.25, 0.3) is 0 Å². The molecule has 0 aliphatic heterocycles. The van der Waals surface area contributed by atoms with Crippen molar-refractivity contribution < 1.29 is 14.2 Å². The second kappa shape index (κ2) is 10.5. The predicted octanol–water partition coefficient (Wildman–Crippen LogP) is 11.1. The molecule has 0 radical (unpaired) electrons. The molecular weight excluding hydrogens is 783 g/mol. The van der Waals surface area contributed by atoms with Crippen molar-refractivity contribution in [3.8, 4) is 22.3 Å². The van der Waals surface area contributed by atoms with Crippen LogP contribution in [0.1, 0.15) is 51.9 Å². The minimum absolute atomic E-state index is 0.174. The molecule has 0 nitrogen and oxygen atoms in total. The summed E-state index contributed by atoms with van der Waals surface area (Å²) in [6.45, 7) is 11.4. The van der Waals surface area contributed by atoms with E-state index in [1.807, 2.05) is 0 Å². The van der Waals surface area contributed by atoms with E-state index in [4.69, 9.17) is 0 Å². The van der Waals surface area contributed by atoms with Crippen LogP contribution in [0.3, 0.4) is 0 Å². The summed E-state index contributed by atoms with van der Waals surface area (Å²) < 4.78 is 8.95. The van der Waals surface area contributed by atoms with E-state index in [-0.39, 0.29) is 7.35 Å². The summed E-state index contributed by atoms with van der Waals surface area (Å²) in [5, 5.41) is 0. The molecule has 2 aliphatic rings. The Bertz CT molecular complexity index is 2380. The second-order valence-electron chi connectivity index (χ2n) is 17.5. The Labute approximate surface area is 294 Å². The van der Waals surface area contributed by atoms with Gasteiger partial charge in [-0.15, -0.1) is 0 Å². The first kappa shape index (κ1) is 33.1. The van der Waals surface area contributed by atoms with Gasteiger partial charge in [0.2, 0.25) is 0 Å². The molecule has 2 unspecified atom stereocenters. The maximum absolute atomic E-state index is 5.97. The van der Waals surface area contributed by atoms with Gasteiger partial charge in [-0.25, -0.2) is 0 Å². The first-order valence-corrected chi connectivity index (χ1v) is 41.5. The van der Waals surface area contributed by atoms with Crippen molar-refractivity contribution in [2.24, 2.45) is 0 Å². The molecule has 50 heavy (non-hydrogen) atoms. The van der Waals surface area contributed by atoms with Crippen molar-refractivity contribution in [1.82, 2.24) is 0 Å². The number of fused-ring (bicyclic) bond motifs is 2. The second-order valence-corrected chi connectivity index (χ2v) is 86.0. The summed E-state index contributed by atoms with van der Waals surface area (Å²) in [5.41, 5.74) is 16.4. The van der Waals surface area contributed by atoms with Crippen molar-refractivity contribution in [2.45, 2.75) is 44.4 Å². The molecule has 0 aromatic heterocycles. The summed E-state index contributed by atoms with van der Waals surface area (Å²) in [4.78, 5) is 0. The van der Waals surface area contributed by atoms with E-state index in [0.29, 0.717) is 0 Å². The summed E-state index contributed by atoms with van der Waals surface area (Å²) in [7, 11) is 0. The predicted molar refractivity (Wildman–Crippen MR) is 219 cm³/mol. The standard InChI is InChI=1S/2C17H15.2C6H5.2CH3.Hf.H2Si/c2*1-12-6-3-9-15(13(12)2)17-11-5-8-14-7-4-10-16(14)17;2*1-2-4-6-5-3-1;;;;/h2*3-11H,1-2H3;2*1-5H;2*1H3;;1H2. The van der Waals surface area contributed by atoms with Gasteiger partial charge in [-0.05, 0) is 0 Å². The van der Waals surface area contributed by atoms with Gasteiger partial charge in [-0.2, -0.15) is 0 Å². The summed E-state index contributed by atoms with van der Waals surface area (Å²) >= 11 is -5.97. The fraction of sp³-hybridized carbons (Fsp3) is 0.167. The SMILES string of the molecule is Cc1cccc(-c2cccc3c2C=C[CH]3[Hf]([CH3])([CH3])(=[SiH2])([c]2ccccc2)([c]2ccccc2)[CH]2C=Cc3c(-c4cccc(C)c4C)cccc32)c1C. The maximum atomic E-state index is 2.80. The van der Waals surface area contributed by atoms with E-state index in [1.165, 1.54) is 73.4 Å². The Hall–Kier alpha value is -4.11. The van der Waals surface area contributed by atoms with E-state index in [2.05, 4.69) is 202 Å². The van der Waals surface area contributed by atoms with Crippen LogP contribution in [0.2, 0.25) is 9.36 Å². The van der Waals surface area contributed by atoms with Crippen molar-refractivity contribution >= 4 is 25.7 Å². The van der Waals surface area contributed by atoms with Gasteiger partial charge in [0.05, 0.1) is 0 Å². The van der Waals surface area contributed by atoms with Gasteiger partial charge in [-0.3, -0.25) is 0 Å². The van der Waals surface area contributed by atoms with E-state index < -0.39 is 14.2 Å². The third-order valence-corrected chi connectivity index (χ3v) is 71.5. The Balaban J connectivity index is 1.51. The quantitative estimate of drug-likeness (QED) is 0.147. The van der Waals surface area contributed by atoms with Crippen molar-refractivity contribution in [3.63, 3.8) is 0 Å². The first-order chi connectivity index (χ1) is 23.8. The fourth-order valence-electron chi connectivity index (χ4n) is 10.8. The Morgan fingerprint density at radius 3 is 1.18 bits per heavy atom. The molecule has 0 saturated heterocycles.